The Labute approximate surface area is 104 Å². The fraction of sp³-hybridized carbons (Fsp3) is 0.333. The first kappa shape index (κ1) is 14.1. The number of aliphatic hydroxyl groups excluding tert-OH is 1. The van der Waals surface area contributed by atoms with Crippen LogP contribution >= 0.6 is 0 Å². The number of carbonyl (C=O) groups excluding carboxylic acids is 2. The van der Waals surface area contributed by atoms with Crippen LogP contribution in [0.4, 0.5) is 0 Å². The van der Waals surface area contributed by atoms with Crippen molar-refractivity contribution in [2.75, 3.05) is 21.3 Å². The second kappa shape index (κ2) is 6.13. The van der Waals surface area contributed by atoms with Crippen molar-refractivity contribution in [3.05, 3.63) is 34.9 Å². The second-order valence-corrected chi connectivity index (χ2v) is 3.41. The molecule has 0 aliphatic rings. The number of rotatable bonds is 4. The SMILES string of the molecule is COC(=O)c1cc(C(=O)OC)cc(C(O)OC)c1. The first-order chi connectivity index (χ1) is 8.53. The molecule has 0 spiro atoms. The lowest BCUT2D eigenvalue weighted by Gasteiger charge is -2.11. The minimum atomic E-state index is -1.24. The molecule has 0 fully saturated rings. The van der Waals surface area contributed by atoms with Crippen LogP contribution in [0.25, 0.3) is 0 Å². The van der Waals surface area contributed by atoms with Crippen LogP contribution in [-0.2, 0) is 14.2 Å². The van der Waals surface area contributed by atoms with Crippen LogP contribution in [0.2, 0.25) is 0 Å². The third-order valence-electron chi connectivity index (χ3n) is 2.31. The topological polar surface area (TPSA) is 82.1 Å². The predicted octanol–water partition coefficient (Wildman–Crippen LogP) is 0.897. The molecule has 0 radical (unpaired) electrons. The van der Waals surface area contributed by atoms with E-state index in [4.69, 9.17) is 4.74 Å². The van der Waals surface area contributed by atoms with E-state index < -0.39 is 18.2 Å². The Morgan fingerprint density at radius 1 is 1.00 bits per heavy atom. The van der Waals surface area contributed by atoms with Crippen molar-refractivity contribution in [2.45, 2.75) is 6.29 Å². The van der Waals surface area contributed by atoms with Crippen molar-refractivity contribution in [3.63, 3.8) is 0 Å². The highest BCUT2D eigenvalue weighted by atomic mass is 16.6. The summed E-state index contributed by atoms with van der Waals surface area (Å²) in [6, 6.07) is 4.09. The summed E-state index contributed by atoms with van der Waals surface area (Å²) < 4.78 is 13.8. The van der Waals surface area contributed by atoms with Gasteiger partial charge in [-0.25, -0.2) is 9.59 Å². The van der Waals surface area contributed by atoms with Gasteiger partial charge >= 0.3 is 11.9 Å². The standard InChI is InChI=1S/C12H14O6/c1-16-10(13)7-4-8(11(14)17-2)6-9(5-7)12(15)18-3/h4-6,10,13H,1-3H3. The predicted molar refractivity (Wildman–Crippen MR) is 61.1 cm³/mol. The van der Waals surface area contributed by atoms with E-state index in [1.54, 1.807) is 0 Å². The van der Waals surface area contributed by atoms with Crippen molar-refractivity contribution in [3.8, 4) is 0 Å². The van der Waals surface area contributed by atoms with Gasteiger partial charge in [-0.3, -0.25) is 0 Å². The third-order valence-corrected chi connectivity index (χ3v) is 2.31. The average Bonchev–Trinajstić information content (AvgIpc) is 2.43. The van der Waals surface area contributed by atoms with Crippen molar-refractivity contribution in [2.24, 2.45) is 0 Å². The fourth-order valence-electron chi connectivity index (χ4n) is 1.40. The smallest absolute Gasteiger partial charge is 0.337 e. The van der Waals surface area contributed by atoms with Crippen molar-refractivity contribution in [1.82, 2.24) is 0 Å². The molecular weight excluding hydrogens is 240 g/mol. The van der Waals surface area contributed by atoms with Gasteiger partial charge in [-0.05, 0) is 18.2 Å². The molecular formula is C12H14O6. The first-order valence-electron chi connectivity index (χ1n) is 5.06. The molecule has 1 rings (SSSR count). The van der Waals surface area contributed by atoms with Gasteiger partial charge in [0.15, 0.2) is 6.29 Å². The minimum Gasteiger partial charge on any atom is -0.465 e. The van der Waals surface area contributed by atoms with E-state index in [-0.39, 0.29) is 16.7 Å². The van der Waals surface area contributed by atoms with Gasteiger partial charge in [-0.1, -0.05) is 0 Å². The highest BCUT2D eigenvalue weighted by molar-refractivity contribution is 5.95. The molecule has 6 heteroatoms. The number of hydrogen-bond donors (Lipinski definition) is 1. The van der Waals surface area contributed by atoms with Gasteiger partial charge in [-0.15, -0.1) is 0 Å². The van der Waals surface area contributed by atoms with Crippen LogP contribution in [0.15, 0.2) is 18.2 Å². The first-order valence-corrected chi connectivity index (χ1v) is 5.06. The Hall–Kier alpha value is -1.92. The van der Waals surface area contributed by atoms with Gasteiger partial charge in [0.1, 0.15) is 0 Å². The minimum absolute atomic E-state index is 0.131. The quantitative estimate of drug-likeness (QED) is 0.635. The summed E-state index contributed by atoms with van der Waals surface area (Å²) in [6.07, 6.45) is -1.24. The van der Waals surface area contributed by atoms with Crippen LogP contribution in [0.5, 0.6) is 0 Å². The summed E-state index contributed by atoms with van der Waals surface area (Å²) in [5.41, 5.74) is 0.527. The lowest BCUT2D eigenvalue weighted by atomic mass is 10.1. The molecule has 1 N–H and O–H groups in total. The molecule has 18 heavy (non-hydrogen) atoms. The molecule has 0 amide bonds. The van der Waals surface area contributed by atoms with E-state index in [9.17, 15) is 14.7 Å². The Morgan fingerprint density at radius 3 is 1.78 bits per heavy atom. The normalized spacial score (nSPS) is 11.8. The zero-order valence-corrected chi connectivity index (χ0v) is 10.3. The van der Waals surface area contributed by atoms with E-state index in [1.807, 2.05) is 0 Å². The van der Waals surface area contributed by atoms with Gasteiger partial charge in [0.2, 0.25) is 0 Å². The Morgan fingerprint density at radius 2 is 1.44 bits per heavy atom. The van der Waals surface area contributed by atoms with E-state index in [1.165, 1.54) is 39.5 Å². The largest absolute Gasteiger partial charge is 0.465 e. The Kier molecular flexibility index (Phi) is 4.82. The number of carbonyl (C=O) groups is 2. The summed E-state index contributed by atoms with van der Waals surface area (Å²) in [5, 5.41) is 9.56. The zero-order chi connectivity index (χ0) is 13.7. The molecule has 1 atom stereocenters. The Bertz CT molecular complexity index is 420. The molecule has 0 saturated heterocycles. The molecule has 0 bridgehead atoms. The van der Waals surface area contributed by atoms with Crippen LogP contribution in [-0.4, -0.2) is 38.4 Å². The van der Waals surface area contributed by atoms with Gasteiger partial charge in [0.05, 0.1) is 25.3 Å². The molecule has 0 heterocycles. The number of esters is 2. The number of hydrogen-bond acceptors (Lipinski definition) is 6. The lowest BCUT2D eigenvalue weighted by molar-refractivity contribution is -0.0769. The molecule has 0 aliphatic heterocycles. The maximum absolute atomic E-state index is 11.4. The van der Waals surface area contributed by atoms with Crippen molar-refractivity contribution < 1.29 is 28.9 Å². The van der Waals surface area contributed by atoms with E-state index in [0.29, 0.717) is 0 Å². The van der Waals surface area contributed by atoms with E-state index in [2.05, 4.69) is 9.47 Å². The monoisotopic (exact) mass is 254 g/mol. The van der Waals surface area contributed by atoms with E-state index >= 15 is 0 Å². The second-order valence-electron chi connectivity index (χ2n) is 3.41. The summed E-state index contributed by atoms with van der Waals surface area (Å²) in [5.74, 6) is -1.24. The van der Waals surface area contributed by atoms with Gasteiger partial charge in [-0.2, -0.15) is 0 Å². The molecule has 6 nitrogen and oxygen atoms in total. The number of methoxy groups -OCH3 is 3. The molecule has 1 aromatic rings. The molecule has 0 aromatic heterocycles. The number of ether oxygens (including phenoxy) is 3. The molecule has 1 aromatic carbocycles. The Balaban J connectivity index is 3.28. The maximum Gasteiger partial charge on any atom is 0.337 e. The van der Waals surface area contributed by atoms with Crippen LogP contribution in [0, 0.1) is 0 Å². The lowest BCUT2D eigenvalue weighted by Crippen LogP contribution is -2.10. The number of benzene rings is 1. The third kappa shape index (κ3) is 3.06. The molecule has 0 aliphatic carbocycles. The van der Waals surface area contributed by atoms with Gasteiger partial charge in [0, 0.05) is 12.7 Å². The summed E-state index contributed by atoms with van der Waals surface area (Å²) in [7, 11) is 3.74. The van der Waals surface area contributed by atoms with Gasteiger partial charge < -0.3 is 19.3 Å². The maximum atomic E-state index is 11.4. The van der Waals surface area contributed by atoms with Crippen LogP contribution < -0.4 is 0 Å². The van der Waals surface area contributed by atoms with Crippen molar-refractivity contribution >= 4 is 11.9 Å². The molecule has 98 valence electrons. The zero-order valence-electron chi connectivity index (χ0n) is 10.3. The highest BCUT2D eigenvalue weighted by Crippen LogP contribution is 2.19. The van der Waals surface area contributed by atoms with Gasteiger partial charge in [0.25, 0.3) is 0 Å². The molecule has 1 unspecified atom stereocenters. The van der Waals surface area contributed by atoms with Crippen LogP contribution in [0.3, 0.4) is 0 Å². The average molecular weight is 254 g/mol. The highest BCUT2D eigenvalue weighted by Gasteiger charge is 2.16. The molecule has 0 saturated carbocycles. The summed E-state index contributed by atoms with van der Waals surface area (Å²) in [6.45, 7) is 0. The number of aliphatic hydroxyl groups is 1. The van der Waals surface area contributed by atoms with E-state index in [0.717, 1.165) is 0 Å². The van der Waals surface area contributed by atoms with Crippen LogP contribution in [0.1, 0.15) is 32.6 Å². The summed E-state index contributed by atoms with van der Waals surface area (Å²) >= 11 is 0. The summed E-state index contributed by atoms with van der Waals surface area (Å²) in [4.78, 5) is 22.9. The fourth-order valence-corrected chi connectivity index (χ4v) is 1.40. The van der Waals surface area contributed by atoms with Crippen molar-refractivity contribution in [1.29, 1.82) is 0 Å².